The van der Waals surface area contributed by atoms with Gasteiger partial charge in [-0.15, -0.1) is 0 Å². The molecule has 1 aromatic heterocycles. The first-order chi connectivity index (χ1) is 10.5. The third-order valence-electron chi connectivity index (χ3n) is 3.29. The summed E-state index contributed by atoms with van der Waals surface area (Å²) in [5, 5.41) is 3.46. The number of hydrogen-bond donors (Lipinski definition) is 1. The molecular weight excluding hydrogens is 286 g/mol. The smallest absolute Gasteiger partial charge is 0.375 e. The first-order valence-corrected chi connectivity index (χ1v) is 7.00. The van der Waals surface area contributed by atoms with E-state index in [2.05, 4.69) is 5.32 Å². The number of rotatable bonds is 6. The van der Waals surface area contributed by atoms with Crippen molar-refractivity contribution in [3.8, 4) is 0 Å². The molecule has 0 radical (unpaired) electrons. The van der Waals surface area contributed by atoms with E-state index >= 15 is 0 Å². The van der Waals surface area contributed by atoms with Crippen LogP contribution >= 0.6 is 0 Å². The maximum absolute atomic E-state index is 12.2. The van der Waals surface area contributed by atoms with Gasteiger partial charge in [0.25, 0.3) is 5.91 Å². The summed E-state index contributed by atoms with van der Waals surface area (Å²) in [4.78, 5) is 23.9. The van der Waals surface area contributed by atoms with E-state index in [1.165, 1.54) is 6.92 Å². The van der Waals surface area contributed by atoms with Crippen molar-refractivity contribution in [2.45, 2.75) is 20.0 Å². The Morgan fingerprint density at radius 3 is 2.73 bits per heavy atom. The molecule has 0 bridgehead atoms. The summed E-state index contributed by atoms with van der Waals surface area (Å²) in [6, 6.07) is 7.34. The Morgan fingerprint density at radius 1 is 1.32 bits per heavy atom. The third kappa shape index (κ3) is 3.46. The van der Waals surface area contributed by atoms with Crippen molar-refractivity contribution in [1.82, 2.24) is 5.32 Å². The molecule has 0 fully saturated rings. The van der Waals surface area contributed by atoms with Crippen molar-refractivity contribution in [1.29, 1.82) is 0 Å². The number of ether oxygens (including phenoxy) is 2. The summed E-state index contributed by atoms with van der Waals surface area (Å²) < 4.78 is 15.5. The van der Waals surface area contributed by atoms with Crippen molar-refractivity contribution in [2.75, 3.05) is 20.3 Å². The fourth-order valence-corrected chi connectivity index (χ4v) is 2.06. The summed E-state index contributed by atoms with van der Waals surface area (Å²) in [6.07, 6.45) is -0.906. The van der Waals surface area contributed by atoms with E-state index in [1.807, 2.05) is 18.2 Å². The minimum absolute atomic E-state index is 0.123. The maximum atomic E-state index is 12.2. The molecular formula is C16H19NO5. The van der Waals surface area contributed by atoms with E-state index in [4.69, 9.17) is 13.9 Å². The van der Waals surface area contributed by atoms with Crippen LogP contribution in [0.3, 0.4) is 0 Å². The SMILES string of the molecule is COCCNC(=O)[C@H](C)OC(=O)c1oc2ccccc2c1C. The number of benzene rings is 1. The van der Waals surface area contributed by atoms with Crippen LogP contribution in [0.25, 0.3) is 11.0 Å². The van der Waals surface area contributed by atoms with Crippen LogP contribution in [0, 0.1) is 6.92 Å². The highest BCUT2D eigenvalue weighted by atomic mass is 16.6. The van der Waals surface area contributed by atoms with Gasteiger partial charge in [0.2, 0.25) is 5.76 Å². The lowest BCUT2D eigenvalue weighted by Crippen LogP contribution is -2.37. The molecule has 6 nitrogen and oxygen atoms in total. The predicted molar refractivity (Wildman–Crippen MR) is 80.7 cm³/mol. The number of hydrogen-bond acceptors (Lipinski definition) is 5. The average molecular weight is 305 g/mol. The Hall–Kier alpha value is -2.34. The number of amides is 1. The number of fused-ring (bicyclic) bond motifs is 1. The fraction of sp³-hybridized carbons (Fsp3) is 0.375. The zero-order valence-electron chi connectivity index (χ0n) is 12.8. The van der Waals surface area contributed by atoms with E-state index in [1.54, 1.807) is 20.1 Å². The summed E-state index contributed by atoms with van der Waals surface area (Å²) in [5.41, 5.74) is 1.32. The second kappa shape index (κ2) is 7.09. The number of para-hydroxylation sites is 1. The fourth-order valence-electron chi connectivity index (χ4n) is 2.06. The summed E-state index contributed by atoms with van der Waals surface area (Å²) >= 11 is 0. The molecule has 1 atom stereocenters. The molecule has 0 aliphatic heterocycles. The van der Waals surface area contributed by atoms with Gasteiger partial charge in [0, 0.05) is 24.6 Å². The molecule has 1 amide bonds. The lowest BCUT2D eigenvalue weighted by atomic mass is 10.1. The van der Waals surface area contributed by atoms with E-state index in [0.717, 1.165) is 5.39 Å². The molecule has 0 saturated heterocycles. The number of carbonyl (C=O) groups is 2. The van der Waals surface area contributed by atoms with E-state index < -0.39 is 12.1 Å². The molecule has 0 spiro atoms. The molecule has 22 heavy (non-hydrogen) atoms. The highest BCUT2D eigenvalue weighted by Gasteiger charge is 2.23. The van der Waals surface area contributed by atoms with Gasteiger partial charge in [0.05, 0.1) is 6.61 Å². The molecule has 0 saturated carbocycles. The normalized spacial score (nSPS) is 12.1. The van der Waals surface area contributed by atoms with Crippen molar-refractivity contribution in [2.24, 2.45) is 0 Å². The minimum atomic E-state index is -0.906. The predicted octanol–water partition coefficient (Wildman–Crippen LogP) is 2.05. The lowest BCUT2D eigenvalue weighted by Gasteiger charge is -2.12. The van der Waals surface area contributed by atoms with Gasteiger partial charge < -0.3 is 19.2 Å². The number of carbonyl (C=O) groups excluding carboxylic acids is 2. The minimum Gasteiger partial charge on any atom is -0.449 e. The highest BCUT2D eigenvalue weighted by molar-refractivity contribution is 5.97. The molecule has 6 heteroatoms. The van der Waals surface area contributed by atoms with Gasteiger partial charge in [-0.25, -0.2) is 4.79 Å². The van der Waals surface area contributed by atoms with Gasteiger partial charge in [-0.1, -0.05) is 18.2 Å². The number of aryl methyl sites for hydroxylation is 1. The first-order valence-electron chi connectivity index (χ1n) is 7.00. The van der Waals surface area contributed by atoms with Crippen LogP contribution in [-0.4, -0.2) is 38.2 Å². The van der Waals surface area contributed by atoms with Gasteiger partial charge in [-0.2, -0.15) is 0 Å². The van der Waals surface area contributed by atoms with E-state index in [-0.39, 0.29) is 11.7 Å². The summed E-state index contributed by atoms with van der Waals surface area (Å²) in [5.74, 6) is -0.903. The standard InChI is InChI=1S/C16H19NO5/c1-10-12-6-4-5-7-13(12)22-14(10)16(19)21-11(2)15(18)17-8-9-20-3/h4-7,11H,8-9H2,1-3H3,(H,17,18)/t11-/m0/s1. The Bertz CT molecular complexity index is 676. The largest absolute Gasteiger partial charge is 0.449 e. The number of nitrogens with one attached hydrogen (secondary N) is 1. The van der Waals surface area contributed by atoms with Crippen LogP contribution in [0.15, 0.2) is 28.7 Å². The maximum Gasteiger partial charge on any atom is 0.375 e. The number of methoxy groups -OCH3 is 1. The summed E-state index contributed by atoms with van der Waals surface area (Å²) in [6.45, 7) is 4.06. The molecule has 0 unspecified atom stereocenters. The molecule has 1 heterocycles. The number of furan rings is 1. The number of esters is 1. The molecule has 2 aromatic rings. The van der Waals surface area contributed by atoms with Crippen molar-refractivity contribution >= 4 is 22.8 Å². The van der Waals surface area contributed by atoms with Gasteiger partial charge >= 0.3 is 5.97 Å². The quantitative estimate of drug-likeness (QED) is 0.653. The van der Waals surface area contributed by atoms with Crippen LogP contribution < -0.4 is 5.32 Å². The van der Waals surface area contributed by atoms with Crippen LogP contribution in [-0.2, 0) is 14.3 Å². The molecule has 1 aromatic carbocycles. The monoisotopic (exact) mass is 305 g/mol. The first kappa shape index (κ1) is 16.0. The molecule has 2 rings (SSSR count). The zero-order valence-corrected chi connectivity index (χ0v) is 12.8. The second-order valence-corrected chi connectivity index (χ2v) is 4.88. The Labute approximate surface area is 128 Å². The Kier molecular flexibility index (Phi) is 5.16. The van der Waals surface area contributed by atoms with Crippen LogP contribution in [0.2, 0.25) is 0 Å². The third-order valence-corrected chi connectivity index (χ3v) is 3.29. The zero-order chi connectivity index (χ0) is 16.1. The van der Waals surface area contributed by atoms with Gasteiger partial charge in [-0.05, 0) is 19.9 Å². The molecule has 118 valence electrons. The van der Waals surface area contributed by atoms with E-state index in [0.29, 0.717) is 24.3 Å². The summed E-state index contributed by atoms with van der Waals surface area (Å²) in [7, 11) is 1.54. The highest BCUT2D eigenvalue weighted by Crippen LogP contribution is 2.25. The average Bonchev–Trinajstić information content (AvgIpc) is 2.85. The van der Waals surface area contributed by atoms with Gasteiger partial charge in [0.15, 0.2) is 6.10 Å². The van der Waals surface area contributed by atoms with Crippen molar-refractivity contribution in [3.05, 3.63) is 35.6 Å². The van der Waals surface area contributed by atoms with Crippen LogP contribution in [0.1, 0.15) is 23.0 Å². The Morgan fingerprint density at radius 2 is 2.05 bits per heavy atom. The molecule has 0 aliphatic carbocycles. The lowest BCUT2D eigenvalue weighted by molar-refractivity contribution is -0.129. The van der Waals surface area contributed by atoms with Crippen molar-refractivity contribution in [3.63, 3.8) is 0 Å². The Balaban J connectivity index is 2.04. The molecule has 1 N–H and O–H groups in total. The van der Waals surface area contributed by atoms with Crippen molar-refractivity contribution < 1.29 is 23.5 Å². The molecule has 0 aliphatic rings. The van der Waals surface area contributed by atoms with Crippen LogP contribution in [0.4, 0.5) is 0 Å². The van der Waals surface area contributed by atoms with Gasteiger partial charge in [-0.3, -0.25) is 4.79 Å². The van der Waals surface area contributed by atoms with Gasteiger partial charge in [0.1, 0.15) is 5.58 Å². The second-order valence-electron chi connectivity index (χ2n) is 4.88. The van der Waals surface area contributed by atoms with Crippen LogP contribution in [0.5, 0.6) is 0 Å². The topological polar surface area (TPSA) is 77.8 Å². The van der Waals surface area contributed by atoms with E-state index in [9.17, 15) is 9.59 Å².